The molecule has 35 rings (SSSR count). The number of carbonyl (C=O) groups excluding carboxylic acids is 2. The number of nitrogens with zero attached hydrogens (tertiary/aromatic N) is 4. The number of hydrogen-bond donors (Lipinski definition) is 0. The van der Waals surface area contributed by atoms with Gasteiger partial charge in [-0.3, -0.25) is 19.4 Å². The molecule has 6 atom stereocenters. The van der Waals surface area contributed by atoms with Crippen molar-refractivity contribution in [2.45, 2.75) is 85.2 Å². The van der Waals surface area contributed by atoms with Gasteiger partial charge in [-0.25, -0.2) is 0 Å². The Morgan fingerprint density at radius 3 is 0.854 bits per heavy atom. The topological polar surface area (TPSA) is 65.6 Å². The van der Waals surface area contributed by atoms with E-state index in [9.17, 15) is 0 Å². The van der Waals surface area contributed by atoms with E-state index < -0.39 is 33.9 Å². The van der Waals surface area contributed by atoms with Crippen LogP contribution >= 0.6 is 0 Å². The highest BCUT2D eigenvalue weighted by molar-refractivity contribution is 6.79. The molecule has 0 saturated heterocycles. The number of hydrogen-bond acceptors (Lipinski definition) is 8. The van der Waals surface area contributed by atoms with Gasteiger partial charge in [0, 0.05) is 0 Å². The van der Waals surface area contributed by atoms with E-state index in [1.807, 2.05) is 0 Å². The van der Waals surface area contributed by atoms with E-state index in [2.05, 4.69) is 74.0 Å². The minimum atomic E-state index is -0.791. The average molecular weight is 1230 g/mol. The number of ether oxygens (including phenoxy) is 2. The predicted molar refractivity (Wildman–Crippen MR) is 392 cm³/mol. The summed E-state index contributed by atoms with van der Waals surface area (Å²) in [6.07, 6.45) is 12.7. The maximum Gasteiger partial charge on any atom is 0.320 e. The van der Waals surface area contributed by atoms with Gasteiger partial charge in [-0.1, -0.05) is 24.0 Å². The lowest BCUT2D eigenvalue weighted by Gasteiger charge is -2.60. The fourth-order valence-corrected chi connectivity index (χ4v) is 31.2. The Balaban J connectivity index is 0.878. The van der Waals surface area contributed by atoms with Crippen molar-refractivity contribution in [2.24, 2.45) is 0 Å². The SMILES string of the molecule is CN(C)CCCN(C)CC(=O)OC1C=C2CCCCCCC3=CC(OC(=O)CN(C)CCCN(C)C)C45c6c7c8c9c%10c%11c%12c%13c%14c%15c%16c%17c(c%18c%19c4c4c6c6c8c8c%10c%10c%11c%11c%13c%13c%20c%14c%17c%14c%18c%17c%19c%18c4c4c6c8c6c%10c8c%11c%13c%10c(c%14%20)c%17c%11c%18c4c6c8c%11%10)C35C%16=C7C29C%15%121. The molecule has 24 aromatic carbocycles. The molecular weight excluding hydrogens is 1180 g/mol. The molecular formula is C88H50N4O4. The molecule has 0 fully saturated rings. The third-order valence-corrected chi connectivity index (χ3v) is 32.0. The number of esters is 2. The van der Waals surface area contributed by atoms with Crippen LogP contribution in [0.4, 0.5) is 0 Å². The number of benzene rings is 16. The fourth-order valence-electron chi connectivity index (χ4n) is 31.2. The first kappa shape index (κ1) is 44.7. The lowest BCUT2D eigenvalue weighted by Crippen LogP contribution is -2.61. The lowest BCUT2D eigenvalue weighted by atomic mass is 9.40. The monoisotopic (exact) mass is 1230 g/mol. The highest BCUT2D eigenvalue weighted by Crippen LogP contribution is 2.93. The van der Waals surface area contributed by atoms with E-state index in [-0.39, 0.29) is 25.0 Å². The van der Waals surface area contributed by atoms with Gasteiger partial charge in [0.1, 0.15) is 12.2 Å². The van der Waals surface area contributed by atoms with Crippen LogP contribution in [0, 0.1) is 0 Å². The Morgan fingerprint density at radius 2 is 0.573 bits per heavy atom. The van der Waals surface area contributed by atoms with Crippen molar-refractivity contribution in [3.05, 3.63) is 67.8 Å². The fraction of sp³-hybridized carbons (Fsp3) is 0.295. The van der Waals surface area contributed by atoms with E-state index in [1.54, 1.807) is 216 Å². The Kier molecular flexibility index (Phi) is 5.42. The van der Waals surface area contributed by atoms with Crippen LogP contribution in [0.5, 0.6) is 0 Å². The van der Waals surface area contributed by atoms with Crippen LogP contribution < -0.4 is 0 Å². The van der Waals surface area contributed by atoms with Crippen LogP contribution in [-0.4, -0.2) is 125 Å². The summed E-state index contributed by atoms with van der Waals surface area (Å²) in [7, 11) is 12.9. The highest BCUT2D eigenvalue weighted by Gasteiger charge is 2.84. The summed E-state index contributed by atoms with van der Waals surface area (Å²) < 4.78 is 15.9. The second-order valence-corrected chi connectivity index (χ2v) is 35.0. The summed E-state index contributed by atoms with van der Waals surface area (Å²) in [4.78, 5) is 41.2. The van der Waals surface area contributed by atoms with E-state index in [0.717, 1.165) is 77.5 Å². The second kappa shape index (κ2) is 11.6. The molecule has 0 N–H and O–H groups in total. The maximum atomic E-state index is 16.1. The first-order chi connectivity index (χ1) is 47.1. The molecule has 0 radical (unpaired) electrons. The van der Waals surface area contributed by atoms with Gasteiger partial charge < -0.3 is 19.3 Å². The Morgan fingerprint density at radius 1 is 0.323 bits per heavy atom. The molecule has 0 saturated carbocycles. The van der Waals surface area contributed by atoms with Gasteiger partial charge in [0.25, 0.3) is 0 Å². The lowest BCUT2D eigenvalue weighted by molar-refractivity contribution is -0.151. The summed E-state index contributed by atoms with van der Waals surface area (Å²) in [6, 6.07) is 0. The molecule has 4 bridgehead atoms. The number of allylic oxidation sites excluding steroid dienone is 4. The second-order valence-electron chi connectivity index (χ2n) is 35.0. The third-order valence-electron chi connectivity index (χ3n) is 32.0. The first-order valence-corrected chi connectivity index (χ1v) is 36.6. The van der Waals surface area contributed by atoms with Crippen molar-refractivity contribution < 1.29 is 19.1 Å². The van der Waals surface area contributed by atoms with Gasteiger partial charge >= 0.3 is 11.9 Å². The standard InChI is InChI=1S/C88H50N4O4/c1-89(2)15-11-17-91(5)21-27(93)95-25-19-23-13-9-7-8-10-14-24-20-26(96-28(94)22-92(6)18-12-16-90(3)4)88-80-68-60-50-42-34-29-30-32-35-39-33(30)41-37-31(29)36-40(34)52(60)58-54-43(36)47-45(37)55-49(41)59-51(39)57-53-44(35)48-46(38(32)42)56(50)70(80)72-62(48)64(53)74-76(82(72)88)83-84-75-73(78(66(58)68)86(24,84)88)63(54)61(47)71-69(55)79-67(59)65(57)77(74)85(23,83)87(25,79)81(71)75/h19-20,25-26H,7-18,21-22H2,1-6H3. The van der Waals surface area contributed by atoms with Gasteiger partial charge in [0.15, 0.2) is 0 Å². The molecule has 24 aromatic rings. The van der Waals surface area contributed by atoms with E-state index >= 15 is 9.59 Å². The van der Waals surface area contributed by atoms with E-state index in [1.165, 1.54) is 98.4 Å². The minimum absolute atomic E-state index is 0.0999. The molecule has 4 spiro atoms. The third kappa shape index (κ3) is 3.01. The molecule has 446 valence electrons. The Hall–Kier alpha value is -9.02. The largest absolute Gasteiger partial charge is 0.456 e. The summed E-state index contributed by atoms with van der Waals surface area (Å²) in [5, 5.41) is 71.5. The molecule has 0 aromatic heterocycles. The maximum absolute atomic E-state index is 16.1. The zero-order valence-electron chi connectivity index (χ0n) is 53.6. The van der Waals surface area contributed by atoms with Crippen molar-refractivity contribution >= 4 is 271 Å². The Labute approximate surface area is 541 Å². The minimum Gasteiger partial charge on any atom is -0.456 e. The summed E-state index contributed by atoms with van der Waals surface area (Å²) in [6.45, 7) is 4.10. The predicted octanol–water partition coefficient (Wildman–Crippen LogP) is 17.6. The zero-order valence-corrected chi connectivity index (χ0v) is 53.6. The van der Waals surface area contributed by atoms with Gasteiger partial charge in [-0.15, -0.1) is 0 Å². The van der Waals surface area contributed by atoms with Crippen LogP contribution in [0.1, 0.15) is 95.9 Å². The van der Waals surface area contributed by atoms with Gasteiger partial charge in [-0.05, 0) is 423 Å². The smallest absolute Gasteiger partial charge is 0.320 e. The van der Waals surface area contributed by atoms with Gasteiger partial charge in [-0.2, -0.15) is 0 Å². The molecule has 96 heavy (non-hydrogen) atoms. The van der Waals surface area contributed by atoms with Crippen molar-refractivity contribution in [3.63, 3.8) is 0 Å². The molecule has 8 nitrogen and oxygen atoms in total. The zero-order chi connectivity index (χ0) is 60.8. The van der Waals surface area contributed by atoms with Crippen LogP contribution in [0.25, 0.3) is 259 Å². The number of rotatable bonds is 14. The van der Waals surface area contributed by atoms with Crippen molar-refractivity contribution in [1.29, 1.82) is 0 Å². The van der Waals surface area contributed by atoms with E-state index in [0.29, 0.717) is 0 Å². The van der Waals surface area contributed by atoms with Gasteiger partial charge in [0.2, 0.25) is 0 Å². The van der Waals surface area contributed by atoms with Gasteiger partial charge in [0.05, 0.1) is 34.7 Å². The number of likely N-dealkylation sites (N-methyl/N-ethyl adjacent to an activating group) is 2. The first-order valence-electron chi connectivity index (χ1n) is 36.6. The van der Waals surface area contributed by atoms with Crippen LogP contribution in [0.2, 0.25) is 0 Å². The van der Waals surface area contributed by atoms with Crippen molar-refractivity contribution in [3.8, 4) is 0 Å². The van der Waals surface area contributed by atoms with Crippen molar-refractivity contribution in [2.75, 3.05) is 81.6 Å². The highest BCUT2D eigenvalue weighted by atomic mass is 16.5. The quantitative estimate of drug-likeness (QED) is 0.0606. The molecule has 0 amide bonds. The molecule has 11 aliphatic rings. The molecule has 6 unspecified atom stereocenters. The summed E-state index contributed by atoms with van der Waals surface area (Å²) >= 11 is 0. The van der Waals surface area contributed by atoms with Crippen LogP contribution in [0.3, 0.4) is 0 Å². The normalized spacial score (nSPS) is 26.6. The summed E-state index contributed by atoms with van der Waals surface area (Å²) in [5.41, 5.74) is 15.6. The average Bonchev–Trinajstić information content (AvgIpc) is 1.37. The molecule has 8 heteroatoms. The molecule has 0 heterocycles. The molecule has 0 aliphatic heterocycles. The van der Waals surface area contributed by atoms with Crippen molar-refractivity contribution in [1.82, 2.24) is 19.6 Å². The Bertz CT molecular complexity index is 7700. The molecule has 11 aliphatic carbocycles. The number of carbonyl (C=O) groups is 2. The van der Waals surface area contributed by atoms with Crippen LogP contribution in [0.15, 0.2) is 23.3 Å². The van der Waals surface area contributed by atoms with E-state index in [4.69, 9.17) is 9.47 Å². The summed E-state index contributed by atoms with van der Waals surface area (Å²) in [5.74, 6) is -0.200. The van der Waals surface area contributed by atoms with Crippen LogP contribution in [-0.2, 0) is 40.7 Å².